The standard InChI is InChI=1S/C26H26ClF2N5O4/c27-19-11-16(1-2-20(19)28)32-25-18-12-23(33-26(35)21(29)3-5-34-6-9-36-10-7-34)24(13-22(18)30-15-31-25)38-17-4-8-37-14-17/h1-3,11-13,15,17H,4-10,14H2,(H,33,35)(H,30,31,32)/b21-3-/t17-/m1/s1. The number of halogens is 3. The number of aromatic nitrogens is 2. The minimum Gasteiger partial charge on any atom is -0.486 e. The van der Waals surface area contributed by atoms with Crippen LogP contribution in [0.5, 0.6) is 5.75 Å². The molecular weight excluding hydrogens is 520 g/mol. The minimum absolute atomic E-state index is 0.0462. The van der Waals surface area contributed by atoms with Crippen LogP contribution in [0, 0.1) is 5.82 Å². The maximum atomic E-state index is 14.8. The molecule has 0 spiro atoms. The Morgan fingerprint density at radius 3 is 2.79 bits per heavy atom. The van der Waals surface area contributed by atoms with E-state index in [1.165, 1.54) is 30.6 Å². The fraction of sp³-hybridized carbons (Fsp3) is 0.346. The van der Waals surface area contributed by atoms with Crippen LogP contribution in [-0.2, 0) is 14.3 Å². The van der Waals surface area contributed by atoms with Crippen molar-refractivity contribution in [3.8, 4) is 5.75 Å². The van der Waals surface area contributed by atoms with Gasteiger partial charge in [0.2, 0.25) is 0 Å². The topological polar surface area (TPSA) is 97.8 Å². The number of fused-ring (bicyclic) bond motifs is 1. The van der Waals surface area contributed by atoms with Crippen molar-refractivity contribution in [2.45, 2.75) is 12.5 Å². The summed E-state index contributed by atoms with van der Waals surface area (Å²) in [5, 5.41) is 6.19. The monoisotopic (exact) mass is 545 g/mol. The van der Waals surface area contributed by atoms with Crippen LogP contribution in [0.1, 0.15) is 6.42 Å². The van der Waals surface area contributed by atoms with Gasteiger partial charge in [0.1, 0.15) is 29.8 Å². The Labute approximate surface area is 222 Å². The molecule has 38 heavy (non-hydrogen) atoms. The van der Waals surface area contributed by atoms with Gasteiger partial charge in [0.25, 0.3) is 5.91 Å². The first-order valence-corrected chi connectivity index (χ1v) is 12.6. The van der Waals surface area contributed by atoms with Gasteiger partial charge in [-0.3, -0.25) is 9.69 Å². The zero-order chi connectivity index (χ0) is 26.5. The summed E-state index contributed by atoms with van der Waals surface area (Å²) in [6.45, 7) is 3.76. The van der Waals surface area contributed by atoms with Crippen molar-refractivity contribution in [3.63, 3.8) is 0 Å². The van der Waals surface area contributed by atoms with Gasteiger partial charge < -0.3 is 24.8 Å². The molecule has 0 bridgehead atoms. The van der Waals surface area contributed by atoms with Crippen LogP contribution in [0.3, 0.4) is 0 Å². The Hall–Kier alpha value is -3.38. The first-order chi connectivity index (χ1) is 18.5. The van der Waals surface area contributed by atoms with Gasteiger partial charge in [0, 0.05) is 43.2 Å². The zero-order valence-electron chi connectivity index (χ0n) is 20.4. The number of nitrogens with one attached hydrogen (secondary N) is 2. The summed E-state index contributed by atoms with van der Waals surface area (Å²) >= 11 is 5.92. The van der Waals surface area contributed by atoms with Gasteiger partial charge >= 0.3 is 0 Å². The zero-order valence-corrected chi connectivity index (χ0v) is 21.1. The van der Waals surface area contributed by atoms with Gasteiger partial charge in [-0.25, -0.2) is 18.7 Å². The van der Waals surface area contributed by atoms with Crippen molar-refractivity contribution >= 4 is 45.6 Å². The molecule has 0 radical (unpaired) electrons. The van der Waals surface area contributed by atoms with Crippen molar-refractivity contribution in [3.05, 3.63) is 59.4 Å². The molecule has 5 rings (SSSR count). The van der Waals surface area contributed by atoms with Crippen molar-refractivity contribution in [2.75, 3.05) is 56.7 Å². The molecule has 2 aromatic carbocycles. The van der Waals surface area contributed by atoms with Crippen LogP contribution in [-0.4, -0.2) is 72.9 Å². The number of ether oxygens (including phenoxy) is 3. The van der Waals surface area contributed by atoms with Crippen molar-refractivity contribution < 1.29 is 27.8 Å². The maximum Gasteiger partial charge on any atom is 0.284 e. The predicted octanol–water partition coefficient (Wildman–Crippen LogP) is 4.46. The first kappa shape index (κ1) is 26.2. The molecule has 1 atom stereocenters. The van der Waals surface area contributed by atoms with E-state index >= 15 is 0 Å². The molecule has 200 valence electrons. The molecule has 0 saturated carbocycles. The van der Waals surface area contributed by atoms with E-state index in [-0.39, 0.29) is 16.8 Å². The number of anilines is 3. The molecule has 2 saturated heterocycles. The molecule has 2 aliphatic heterocycles. The number of carbonyl (C=O) groups excluding carboxylic acids is 1. The fourth-order valence-corrected chi connectivity index (χ4v) is 4.32. The highest BCUT2D eigenvalue weighted by Gasteiger charge is 2.22. The minimum atomic E-state index is -0.907. The average Bonchev–Trinajstić information content (AvgIpc) is 3.44. The van der Waals surface area contributed by atoms with E-state index < -0.39 is 17.6 Å². The third-order valence-corrected chi connectivity index (χ3v) is 6.49. The van der Waals surface area contributed by atoms with Crippen LogP contribution in [0.15, 0.2) is 48.6 Å². The highest BCUT2D eigenvalue weighted by molar-refractivity contribution is 6.31. The van der Waals surface area contributed by atoms with Gasteiger partial charge in [0.05, 0.1) is 42.7 Å². The molecule has 9 nitrogen and oxygen atoms in total. The van der Waals surface area contributed by atoms with Gasteiger partial charge in [-0.2, -0.15) is 0 Å². The third kappa shape index (κ3) is 6.36. The van der Waals surface area contributed by atoms with Crippen LogP contribution < -0.4 is 15.4 Å². The van der Waals surface area contributed by atoms with E-state index in [1.54, 1.807) is 12.1 Å². The van der Waals surface area contributed by atoms with E-state index in [4.69, 9.17) is 25.8 Å². The number of amides is 1. The lowest BCUT2D eigenvalue weighted by Crippen LogP contribution is -2.36. The van der Waals surface area contributed by atoms with Crippen LogP contribution in [0.2, 0.25) is 5.02 Å². The van der Waals surface area contributed by atoms with Gasteiger partial charge in [-0.05, 0) is 30.3 Å². The molecule has 1 amide bonds. The summed E-state index contributed by atoms with van der Waals surface area (Å²) in [6, 6.07) is 7.45. The molecule has 2 N–H and O–H groups in total. The Kier molecular flexibility index (Phi) is 8.28. The number of carbonyl (C=O) groups is 1. The quantitative estimate of drug-likeness (QED) is 0.401. The second kappa shape index (κ2) is 12.0. The molecule has 3 heterocycles. The first-order valence-electron chi connectivity index (χ1n) is 12.2. The molecule has 2 fully saturated rings. The highest BCUT2D eigenvalue weighted by Crippen LogP contribution is 2.35. The number of hydrogen-bond donors (Lipinski definition) is 2. The summed E-state index contributed by atoms with van der Waals surface area (Å²) in [4.78, 5) is 23.4. The Balaban J connectivity index is 1.43. The molecule has 1 aromatic heterocycles. The largest absolute Gasteiger partial charge is 0.486 e. The van der Waals surface area contributed by atoms with Gasteiger partial charge in [-0.15, -0.1) is 0 Å². The maximum absolute atomic E-state index is 14.8. The fourth-order valence-electron chi connectivity index (χ4n) is 4.14. The van der Waals surface area contributed by atoms with E-state index in [2.05, 4.69) is 20.6 Å². The molecule has 12 heteroatoms. The third-order valence-electron chi connectivity index (χ3n) is 6.20. The van der Waals surface area contributed by atoms with Crippen molar-refractivity contribution in [2.24, 2.45) is 0 Å². The molecule has 0 unspecified atom stereocenters. The average molecular weight is 546 g/mol. The van der Waals surface area contributed by atoms with Gasteiger partial charge in [0.15, 0.2) is 5.83 Å². The SMILES string of the molecule is O=C(Nc1cc2c(Nc3ccc(F)c(Cl)c3)ncnc2cc1O[C@@H]1CCOC1)/C(F)=C/CN1CCOCC1. The molecular formula is C26H26ClF2N5O4. The number of hydrogen-bond acceptors (Lipinski definition) is 8. The van der Waals surface area contributed by atoms with Crippen LogP contribution >= 0.6 is 11.6 Å². The Bertz CT molecular complexity index is 1350. The summed E-state index contributed by atoms with van der Waals surface area (Å²) in [5.74, 6) is -1.64. The Morgan fingerprint density at radius 1 is 1.18 bits per heavy atom. The van der Waals surface area contributed by atoms with E-state index in [0.717, 1.165) is 0 Å². The summed E-state index contributed by atoms with van der Waals surface area (Å²) < 4.78 is 45.2. The second-order valence-corrected chi connectivity index (χ2v) is 9.27. The second-order valence-electron chi connectivity index (χ2n) is 8.86. The lowest BCUT2D eigenvalue weighted by atomic mass is 10.1. The number of benzene rings is 2. The van der Waals surface area contributed by atoms with Gasteiger partial charge in [-0.1, -0.05) is 11.6 Å². The lowest BCUT2D eigenvalue weighted by Gasteiger charge is -2.25. The normalized spacial score (nSPS) is 18.5. The van der Waals surface area contributed by atoms with Crippen molar-refractivity contribution in [1.29, 1.82) is 0 Å². The summed E-state index contributed by atoms with van der Waals surface area (Å²) in [5.41, 5.74) is 1.27. The predicted molar refractivity (Wildman–Crippen MR) is 139 cm³/mol. The molecule has 3 aromatic rings. The van der Waals surface area contributed by atoms with E-state index in [0.29, 0.717) is 80.6 Å². The van der Waals surface area contributed by atoms with E-state index in [1.807, 2.05) is 4.90 Å². The summed E-state index contributed by atoms with van der Waals surface area (Å²) in [6.07, 6.45) is 3.08. The number of rotatable bonds is 8. The summed E-state index contributed by atoms with van der Waals surface area (Å²) in [7, 11) is 0. The Morgan fingerprint density at radius 2 is 2.03 bits per heavy atom. The smallest absolute Gasteiger partial charge is 0.284 e. The molecule has 0 aliphatic carbocycles. The lowest BCUT2D eigenvalue weighted by molar-refractivity contribution is -0.114. The van der Waals surface area contributed by atoms with Crippen LogP contribution in [0.25, 0.3) is 10.9 Å². The number of morpholine rings is 1. The molecule has 2 aliphatic rings. The highest BCUT2D eigenvalue weighted by atomic mass is 35.5. The number of nitrogens with zero attached hydrogens (tertiary/aromatic N) is 3. The van der Waals surface area contributed by atoms with E-state index in [9.17, 15) is 13.6 Å². The van der Waals surface area contributed by atoms with Crippen LogP contribution in [0.4, 0.5) is 26.0 Å². The van der Waals surface area contributed by atoms with Crippen molar-refractivity contribution in [1.82, 2.24) is 14.9 Å².